The van der Waals surface area contributed by atoms with Crippen LogP contribution in [0.5, 0.6) is 0 Å². The molecule has 3 aromatic carbocycles. The minimum absolute atomic E-state index is 0.492. The van der Waals surface area contributed by atoms with Crippen molar-refractivity contribution in [2.45, 2.75) is 45.8 Å². The van der Waals surface area contributed by atoms with Crippen LogP contribution in [0.4, 0.5) is 0 Å². The van der Waals surface area contributed by atoms with Crippen LogP contribution in [0.2, 0.25) is 0 Å². The molecule has 2 heteroatoms. The SMILES string of the molecule is CCC(C)[C@@H](CNCCc1ccccc1)N(Cc1ccccc1)Cc1ccccc1. The molecule has 2 atom stereocenters. The summed E-state index contributed by atoms with van der Waals surface area (Å²) >= 11 is 0. The van der Waals surface area contributed by atoms with Crippen LogP contribution in [0, 0.1) is 5.92 Å². The molecule has 3 aromatic rings. The van der Waals surface area contributed by atoms with Crippen LogP contribution in [0.1, 0.15) is 37.0 Å². The molecule has 0 bridgehead atoms. The molecule has 0 aliphatic rings. The second-order valence-electron chi connectivity index (χ2n) is 8.27. The number of nitrogens with one attached hydrogen (secondary N) is 1. The van der Waals surface area contributed by atoms with Gasteiger partial charge in [0, 0.05) is 25.7 Å². The van der Waals surface area contributed by atoms with Gasteiger partial charge in [0.15, 0.2) is 0 Å². The first-order valence-electron chi connectivity index (χ1n) is 11.3. The third-order valence-electron chi connectivity index (χ3n) is 6.01. The van der Waals surface area contributed by atoms with Crippen LogP contribution in [0.25, 0.3) is 0 Å². The Morgan fingerprint density at radius 2 is 1.17 bits per heavy atom. The summed E-state index contributed by atoms with van der Waals surface area (Å²) in [6, 6.07) is 33.0. The highest BCUT2D eigenvalue weighted by Crippen LogP contribution is 2.20. The van der Waals surface area contributed by atoms with Gasteiger partial charge in [-0.3, -0.25) is 4.90 Å². The zero-order valence-corrected chi connectivity index (χ0v) is 18.5. The first kappa shape index (κ1) is 22.3. The molecule has 158 valence electrons. The topological polar surface area (TPSA) is 15.3 Å². The van der Waals surface area contributed by atoms with Gasteiger partial charge in [0.2, 0.25) is 0 Å². The summed E-state index contributed by atoms with van der Waals surface area (Å²) in [6.07, 6.45) is 2.26. The van der Waals surface area contributed by atoms with Crippen molar-refractivity contribution in [2.75, 3.05) is 13.1 Å². The molecular formula is C28H36N2. The average molecular weight is 401 g/mol. The summed E-state index contributed by atoms with van der Waals surface area (Å²) in [7, 11) is 0. The van der Waals surface area contributed by atoms with Gasteiger partial charge >= 0.3 is 0 Å². The van der Waals surface area contributed by atoms with Crippen molar-refractivity contribution in [3.05, 3.63) is 108 Å². The van der Waals surface area contributed by atoms with Crippen LogP contribution in [0.15, 0.2) is 91.0 Å². The number of hydrogen-bond acceptors (Lipinski definition) is 2. The minimum atomic E-state index is 0.492. The first-order chi connectivity index (χ1) is 14.8. The van der Waals surface area contributed by atoms with Crippen molar-refractivity contribution in [1.82, 2.24) is 10.2 Å². The minimum Gasteiger partial charge on any atom is -0.315 e. The van der Waals surface area contributed by atoms with E-state index in [0.29, 0.717) is 12.0 Å². The van der Waals surface area contributed by atoms with E-state index in [-0.39, 0.29) is 0 Å². The molecule has 0 aromatic heterocycles. The zero-order valence-electron chi connectivity index (χ0n) is 18.5. The fraction of sp³-hybridized carbons (Fsp3) is 0.357. The lowest BCUT2D eigenvalue weighted by Gasteiger charge is -2.36. The van der Waals surface area contributed by atoms with Gasteiger partial charge in [0.1, 0.15) is 0 Å². The number of hydrogen-bond donors (Lipinski definition) is 1. The molecule has 30 heavy (non-hydrogen) atoms. The van der Waals surface area contributed by atoms with Crippen molar-refractivity contribution in [1.29, 1.82) is 0 Å². The van der Waals surface area contributed by atoms with Gasteiger partial charge in [-0.05, 0) is 35.6 Å². The summed E-state index contributed by atoms with van der Waals surface area (Å²) in [5.74, 6) is 0.627. The van der Waals surface area contributed by atoms with Crippen molar-refractivity contribution in [2.24, 2.45) is 5.92 Å². The monoisotopic (exact) mass is 400 g/mol. The number of nitrogens with zero attached hydrogens (tertiary/aromatic N) is 1. The van der Waals surface area contributed by atoms with E-state index in [0.717, 1.165) is 32.6 Å². The Morgan fingerprint density at radius 3 is 1.63 bits per heavy atom. The van der Waals surface area contributed by atoms with E-state index >= 15 is 0 Å². The Morgan fingerprint density at radius 1 is 0.700 bits per heavy atom. The highest BCUT2D eigenvalue weighted by Gasteiger charge is 2.23. The largest absolute Gasteiger partial charge is 0.315 e. The molecule has 0 heterocycles. The quantitative estimate of drug-likeness (QED) is 0.379. The normalized spacial score (nSPS) is 13.3. The van der Waals surface area contributed by atoms with Crippen LogP contribution in [0.3, 0.4) is 0 Å². The lowest BCUT2D eigenvalue weighted by Crippen LogP contribution is -2.46. The molecule has 0 saturated carbocycles. The van der Waals surface area contributed by atoms with Crippen LogP contribution in [-0.4, -0.2) is 24.0 Å². The van der Waals surface area contributed by atoms with Crippen LogP contribution >= 0.6 is 0 Å². The fourth-order valence-electron chi connectivity index (χ4n) is 4.02. The summed E-state index contributed by atoms with van der Waals surface area (Å²) in [4.78, 5) is 2.66. The van der Waals surface area contributed by atoms with E-state index in [2.05, 4.69) is 115 Å². The van der Waals surface area contributed by atoms with Gasteiger partial charge in [0.05, 0.1) is 0 Å². The second kappa shape index (κ2) is 12.3. The van der Waals surface area contributed by atoms with Crippen molar-refractivity contribution in [3.63, 3.8) is 0 Å². The lowest BCUT2D eigenvalue weighted by molar-refractivity contribution is 0.126. The maximum absolute atomic E-state index is 3.76. The third-order valence-corrected chi connectivity index (χ3v) is 6.01. The standard InChI is InChI=1S/C28H36N2/c1-3-24(2)28(21-29-20-19-25-13-7-4-8-14-25)30(22-26-15-9-5-10-16-26)23-27-17-11-6-12-18-27/h4-18,24,28-29H,3,19-23H2,1-2H3/t24?,28-/m1/s1. The summed E-state index contributed by atoms with van der Waals surface area (Å²) < 4.78 is 0. The number of benzene rings is 3. The molecule has 1 unspecified atom stereocenters. The summed E-state index contributed by atoms with van der Waals surface area (Å²) in [5.41, 5.74) is 4.16. The van der Waals surface area contributed by atoms with Gasteiger partial charge in [-0.2, -0.15) is 0 Å². The predicted octanol–water partition coefficient (Wildman–Crippen LogP) is 5.94. The molecule has 0 aliphatic heterocycles. The molecule has 3 rings (SSSR count). The first-order valence-corrected chi connectivity index (χ1v) is 11.3. The predicted molar refractivity (Wildman–Crippen MR) is 128 cm³/mol. The molecule has 2 nitrogen and oxygen atoms in total. The Labute approximate surface area is 183 Å². The van der Waals surface area contributed by atoms with Gasteiger partial charge in [-0.15, -0.1) is 0 Å². The molecule has 0 radical (unpaired) electrons. The van der Waals surface area contributed by atoms with Crippen LogP contribution in [-0.2, 0) is 19.5 Å². The molecule has 0 saturated heterocycles. The summed E-state index contributed by atoms with van der Waals surface area (Å²) in [6.45, 7) is 8.69. The average Bonchev–Trinajstić information content (AvgIpc) is 2.80. The molecular weight excluding hydrogens is 364 g/mol. The molecule has 0 amide bonds. The smallest absolute Gasteiger partial charge is 0.0253 e. The Kier molecular flexibility index (Phi) is 9.14. The summed E-state index contributed by atoms with van der Waals surface area (Å²) in [5, 5.41) is 3.76. The lowest BCUT2D eigenvalue weighted by atomic mass is 9.96. The molecule has 0 spiro atoms. The zero-order chi connectivity index (χ0) is 21.0. The van der Waals surface area contributed by atoms with E-state index in [1.807, 2.05) is 0 Å². The van der Waals surface area contributed by atoms with E-state index in [1.54, 1.807) is 0 Å². The Balaban J connectivity index is 1.69. The van der Waals surface area contributed by atoms with Crippen LogP contribution < -0.4 is 5.32 Å². The van der Waals surface area contributed by atoms with Gasteiger partial charge < -0.3 is 5.32 Å². The van der Waals surface area contributed by atoms with Crippen molar-refractivity contribution in [3.8, 4) is 0 Å². The highest BCUT2D eigenvalue weighted by molar-refractivity contribution is 5.18. The van der Waals surface area contributed by atoms with Crippen molar-refractivity contribution >= 4 is 0 Å². The van der Waals surface area contributed by atoms with Gasteiger partial charge in [0.25, 0.3) is 0 Å². The molecule has 0 aliphatic carbocycles. The Hall–Kier alpha value is -2.42. The second-order valence-corrected chi connectivity index (χ2v) is 8.27. The van der Waals surface area contributed by atoms with E-state index in [9.17, 15) is 0 Å². The van der Waals surface area contributed by atoms with E-state index in [4.69, 9.17) is 0 Å². The highest BCUT2D eigenvalue weighted by atomic mass is 15.2. The molecule has 1 N–H and O–H groups in total. The van der Waals surface area contributed by atoms with Gasteiger partial charge in [-0.1, -0.05) is 111 Å². The maximum atomic E-state index is 3.76. The van der Waals surface area contributed by atoms with Crippen molar-refractivity contribution < 1.29 is 0 Å². The Bertz CT molecular complexity index is 776. The number of rotatable bonds is 12. The maximum Gasteiger partial charge on any atom is 0.0253 e. The molecule has 0 fully saturated rings. The van der Waals surface area contributed by atoms with E-state index < -0.39 is 0 Å². The van der Waals surface area contributed by atoms with E-state index in [1.165, 1.54) is 23.1 Å². The third kappa shape index (κ3) is 7.12. The van der Waals surface area contributed by atoms with Gasteiger partial charge in [-0.25, -0.2) is 0 Å². The fourth-order valence-corrected chi connectivity index (χ4v) is 4.02.